The number of anilines is 2. The molecule has 1 heterocycles. The minimum absolute atomic E-state index is 0.000945. The third kappa shape index (κ3) is 3.34. The lowest BCUT2D eigenvalue weighted by molar-refractivity contribution is 0.415. The van der Waals surface area contributed by atoms with Crippen LogP contribution in [-0.2, 0) is 0 Å². The van der Waals surface area contributed by atoms with E-state index < -0.39 is 0 Å². The standard InChI is InChI=1S/C21H20N2O2S/c1-5-23(18-13-17(25-4)12-11-14(18)2)21-22-19(20(26-21)15(3)24)16-9-7-6-8-10-16/h5-13,24H,1,3H2,2,4H3. The molecule has 5 heteroatoms. The second-order valence-electron chi connectivity index (χ2n) is 5.69. The summed E-state index contributed by atoms with van der Waals surface area (Å²) in [4.78, 5) is 7.29. The van der Waals surface area contributed by atoms with Gasteiger partial charge in [0.2, 0.25) is 0 Å². The van der Waals surface area contributed by atoms with Crippen molar-refractivity contribution >= 4 is 27.9 Å². The van der Waals surface area contributed by atoms with E-state index >= 15 is 0 Å². The van der Waals surface area contributed by atoms with Crippen LogP contribution in [0.15, 0.2) is 67.9 Å². The molecule has 0 spiro atoms. The lowest BCUT2D eigenvalue weighted by Gasteiger charge is -2.20. The lowest BCUT2D eigenvalue weighted by atomic mass is 10.1. The van der Waals surface area contributed by atoms with E-state index in [1.807, 2.05) is 60.4 Å². The molecule has 1 aromatic heterocycles. The average molecular weight is 364 g/mol. The van der Waals surface area contributed by atoms with Gasteiger partial charge in [-0.25, -0.2) is 4.98 Å². The molecule has 3 rings (SSSR count). The molecule has 26 heavy (non-hydrogen) atoms. The summed E-state index contributed by atoms with van der Waals surface area (Å²) in [5.74, 6) is 0.753. The quantitative estimate of drug-likeness (QED) is 0.550. The van der Waals surface area contributed by atoms with E-state index in [9.17, 15) is 5.11 Å². The molecule has 3 aromatic rings. The third-order valence-electron chi connectivity index (χ3n) is 3.99. The number of nitrogens with zero attached hydrogens (tertiary/aromatic N) is 2. The predicted molar refractivity (Wildman–Crippen MR) is 109 cm³/mol. The van der Waals surface area contributed by atoms with Crippen LogP contribution < -0.4 is 9.64 Å². The molecule has 2 aromatic carbocycles. The van der Waals surface area contributed by atoms with E-state index in [2.05, 4.69) is 13.2 Å². The monoisotopic (exact) mass is 364 g/mol. The van der Waals surface area contributed by atoms with Gasteiger partial charge in [0.15, 0.2) is 5.13 Å². The molecule has 0 aliphatic carbocycles. The number of thiazole rings is 1. The first kappa shape index (κ1) is 17.8. The molecule has 1 N–H and O–H groups in total. The number of hydrogen-bond donors (Lipinski definition) is 1. The van der Waals surface area contributed by atoms with E-state index in [0.717, 1.165) is 22.6 Å². The van der Waals surface area contributed by atoms with Crippen LogP contribution in [-0.4, -0.2) is 17.2 Å². The maximum atomic E-state index is 10.1. The lowest BCUT2D eigenvalue weighted by Crippen LogP contribution is -2.09. The van der Waals surface area contributed by atoms with Crippen LogP contribution in [0.5, 0.6) is 5.75 Å². The Balaban J connectivity index is 2.13. The van der Waals surface area contributed by atoms with Gasteiger partial charge in [-0.1, -0.05) is 60.9 Å². The van der Waals surface area contributed by atoms with E-state index in [1.165, 1.54) is 11.3 Å². The summed E-state index contributed by atoms with van der Waals surface area (Å²) in [5.41, 5.74) is 3.60. The fourth-order valence-corrected chi connectivity index (χ4v) is 3.62. The van der Waals surface area contributed by atoms with Crippen LogP contribution in [0.4, 0.5) is 10.8 Å². The van der Waals surface area contributed by atoms with Gasteiger partial charge in [-0.3, -0.25) is 4.90 Å². The van der Waals surface area contributed by atoms with Crippen molar-refractivity contribution in [1.29, 1.82) is 0 Å². The Bertz CT molecular complexity index is 948. The van der Waals surface area contributed by atoms with Gasteiger partial charge in [-0.15, -0.1) is 0 Å². The highest BCUT2D eigenvalue weighted by molar-refractivity contribution is 7.17. The highest BCUT2D eigenvalue weighted by atomic mass is 32.1. The highest BCUT2D eigenvalue weighted by Gasteiger charge is 2.20. The Hall–Kier alpha value is -3.05. The smallest absolute Gasteiger partial charge is 0.195 e. The van der Waals surface area contributed by atoms with Gasteiger partial charge in [-0.2, -0.15) is 0 Å². The van der Waals surface area contributed by atoms with Crippen molar-refractivity contribution in [2.45, 2.75) is 6.92 Å². The van der Waals surface area contributed by atoms with Crippen molar-refractivity contribution in [2.24, 2.45) is 0 Å². The summed E-state index contributed by atoms with van der Waals surface area (Å²) in [5, 5.41) is 10.7. The van der Waals surface area contributed by atoms with Crippen molar-refractivity contribution in [3.63, 3.8) is 0 Å². The second-order valence-corrected chi connectivity index (χ2v) is 6.67. The Morgan fingerprint density at radius 3 is 2.58 bits per heavy atom. The molecule has 4 nitrogen and oxygen atoms in total. The maximum absolute atomic E-state index is 10.1. The first-order valence-electron chi connectivity index (χ1n) is 8.06. The molecular formula is C21H20N2O2S. The van der Waals surface area contributed by atoms with Crippen LogP contribution in [0.3, 0.4) is 0 Å². The van der Waals surface area contributed by atoms with Crippen LogP contribution >= 0.6 is 11.3 Å². The average Bonchev–Trinajstić information content (AvgIpc) is 3.10. The normalized spacial score (nSPS) is 10.4. The topological polar surface area (TPSA) is 45.6 Å². The molecule has 0 unspecified atom stereocenters. The first-order valence-corrected chi connectivity index (χ1v) is 8.87. The summed E-state index contributed by atoms with van der Waals surface area (Å²) in [6.45, 7) is 9.64. The molecule has 0 fully saturated rings. The van der Waals surface area contributed by atoms with Gasteiger partial charge < -0.3 is 9.84 Å². The number of ether oxygens (including phenoxy) is 1. The Morgan fingerprint density at radius 1 is 1.23 bits per heavy atom. The van der Waals surface area contributed by atoms with Gasteiger partial charge in [0.25, 0.3) is 0 Å². The van der Waals surface area contributed by atoms with Crippen LogP contribution in [0, 0.1) is 6.92 Å². The van der Waals surface area contributed by atoms with Crippen molar-refractivity contribution in [3.05, 3.63) is 78.3 Å². The second kappa shape index (κ2) is 7.45. The van der Waals surface area contributed by atoms with Crippen molar-refractivity contribution < 1.29 is 9.84 Å². The Morgan fingerprint density at radius 2 is 1.96 bits per heavy atom. The zero-order chi connectivity index (χ0) is 18.7. The van der Waals surface area contributed by atoms with E-state index in [0.29, 0.717) is 15.7 Å². The van der Waals surface area contributed by atoms with E-state index in [1.54, 1.807) is 13.3 Å². The third-order valence-corrected chi connectivity index (χ3v) is 5.09. The van der Waals surface area contributed by atoms with Crippen molar-refractivity contribution in [2.75, 3.05) is 12.0 Å². The minimum Gasteiger partial charge on any atom is -0.507 e. The summed E-state index contributed by atoms with van der Waals surface area (Å²) in [6, 6.07) is 15.6. The van der Waals surface area contributed by atoms with Gasteiger partial charge in [-0.05, 0) is 18.6 Å². The molecule has 0 aliphatic heterocycles. The number of aliphatic hydroxyl groups excluding tert-OH is 1. The molecule has 0 bridgehead atoms. The summed E-state index contributed by atoms with van der Waals surface area (Å²) in [7, 11) is 1.64. The minimum atomic E-state index is -0.000945. The van der Waals surface area contributed by atoms with Gasteiger partial charge in [0.05, 0.1) is 23.4 Å². The first-order chi connectivity index (χ1) is 12.5. The van der Waals surface area contributed by atoms with E-state index in [4.69, 9.17) is 9.72 Å². The fourth-order valence-electron chi connectivity index (χ4n) is 2.65. The number of hydrogen-bond acceptors (Lipinski definition) is 5. The van der Waals surface area contributed by atoms with E-state index in [-0.39, 0.29) is 5.76 Å². The molecule has 0 saturated heterocycles. The summed E-state index contributed by atoms with van der Waals surface area (Å²) < 4.78 is 5.34. The molecule has 132 valence electrons. The molecule has 0 amide bonds. The number of rotatable bonds is 6. The molecule has 0 aliphatic rings. The highest BCUT2D eigenvalue weighted by Crippen LogP contribution is 2.40. The zero-order valence-electron chi connectivity index (χ0n) is 14.8. The fraction of sp³-hybridized carbons (Fsp3) is 0.0952. The largest absolute Gasteiger partial charge is 0.507 e. The summed E-state index contributed by atoms with van der Waals surface area (Å²) in [6.07, 6.45) is 1.71. The van der Waals surface area contributed by atoms with Gasteiger partial charge >= 0.3 is 0 Å². The Kier molecular flexibility index (Phi) is 5.09. The number of methoxy groups -OCH3 is 1. The number of aryl methyl sites for hydroxylation is 1. The van der Waals surface area contributed by atoms with Crippen LogP contribution in [0.25, 0.3) is 17.0 Å². The van der Waals surface area contributed by atoms with Crippen LogP contribution in [0.1, 0.15) is 10.4 Å². The maximum Gasteiger partial charge on any atom is 0.195 e. The number of aromatic nitrogens is 1. The number of benzene rings is 2. The molecule has 0 saturated carbocycles. The van der Waals surface area contributed by atoms with Crippen molar-refractivity contribution in [3.8, 4) is 17.0 Å². The summed E-state index contributed by atoms with van der Waals surface area (Å²) >= 11 is 1.37. The van der Waals surface area contributed by atoms with Gasteiger partial charge in [0, 0.05) is 17.8 Å². The Labute approximate surface area is 157 Å². The van der Waals surface area contributed by atoms with Crippen LogP contribution in [0.2, 0.25) is 0 Å². The predicted octanol–water partition coefficient (Wildman–Crippen LogP) is 5.94. The zero-order valence-corrected chi connectivity index (χ0v) is 15.6. The van der Waals surface area contributed by atoms with Crippen molar-refractivity contribution in [1.82, 2.24) is 4.98 Å². The molecular weight excluding hydrogens is 344 g/mol. The molecule has 0 atom stereocenters. The SMILES string of the molecule is C=CN(c1nc(-c2ccccc2)c(C(=C)O)s1)c1cc(OC)ccc1C. The van der Waals surface area contributed by atoms with Gasteiger partial charge in [0.1, 0.15) is 11.5 Å². The molecule has 0 radical (unpaired) electrons. The number of aliphatic hydroxyl groups is 1.